The van der Waals surface area contributed by atoms with Gasteiger partial charge < -0.3 is 4.74 Å². The van der Waals surface area contributed by atoms with Crippen molar-refractivity contribution in [3.05, 3.63) is 52.9 Å². The van der Waals surface area contributed by atoms with Crippen LogP contribution in [-0.4, -0.2) is 13.1 Å². The number of carbonyl (C=O) groups is 1. The van der Waals surface area contributed by atoms with Crippen molar-refractivity contribution in [3.63, 3.8) is 0 Å². The van der Waals surface area contributed by atoms with E-state index in [9.17, 15) is 18.0 Å². The zero-order valence-electron chi connectivity index (χ0n) is 11.0. The van der Waals surface area contributed by atoms with E-state index in [1.807, 2.05) is 0 Å². The fourth-order valence-electron chi connectivity index (χ4n) is 1.64. The number of benzene rings is 1. The first kappa shape index (κ1) is 15.3. The van der Waals surface area contributed by atoms with Crippen molar-refractivity contribution in [2.24, 2.45) is 0 Å². The summed E-state index contributed by atoms with van der Waals surface area (Å²) in [6.45, 7) is 0. The lowest BCUT2D eigenvalue weighted by molar-refractivity contribution is -0.137. The lowest BCUT2D eigenvalue weighted by Crippen LogP contribution is -2.03. The number of esters is 1. The number of alkyl halides is 3. The first-order chi connectivity index (χ1) is 9.90. The lowest BCUT2D eigenvalue weighted by atomic mass is 10.1. The van der Waals surface area contributed by atoms with E-state index >= 15 is 0 Å². The zero-order valence-corrected chi connectivity index (χ0v) is 11.8. The van der Waals surface area contributed by atoms with Gasteiger partial charge in [0.05, 0.1) is 12.7 Å². The van der Waals surface area contributed by atoms with E-state index in [0.717, 1.165) is 21.9 Å². The second-order valence-electron chi connectivity index (χ2n) is 4.13. The molecule has 2 nitrogen and oxygen atoms in total. The Kier molecular flexibility index (Phi) is 4.47. The number of hydrogen-bond acceptors (Lipinski definition) is 3. The maximum Gasteiger partial charge on any atom is 0.416 e. The van der Waals surface area contributed by atoms with Crippen molar-refractivity contribution in [2.45, 2.75) is 6.18 Å². The van der Waals surface area contributed by atoms with Gasteiger partial charge in [-0.25, -0.2) is 4.79 Å². The summed E-state index contributed by atoms with van der Waals surface area (Å²) in [5, 5.41) is 0. The Balaban J connectivity index is 2.18. The second-order valence-corrected chi connectivity index (χ2v) is 5.25. The molecule has 0 aliphatic carbocycles. The molecule has 2 rings (SSSR count). The highest BCUT2D eigenvalue weighted by Crippen LogP contribution is 2.33. The van der Waals surface area contributed by atoms with Crippen molar-refractivity contribution >= 4 is 23.4 Å². The van der Waals surface area contributed by atoms with E-state index in [4.69, 9.17) is 0 Å². The number of hydrogen-bond donors (Lipinski definition) is 0. The molecule has 0 N–H and O–H groups in total. The van der Waals surface area contributed by atoms with Gasteiger partial charge in [-0.1, -0.05) is 12.1 Å². The molecule has 1 aromatic heterocycles. The maximum absolute atomic E-state index is 12.5. The van der Waals surface area contributed by atoms with Gasteiger partial charge in [0.2, 0.25) is 0 Å². The maximum atomic E-state index is 12.5. The summed E-state index contributed by atoms with van der Waals surface area (Å²) < 4.78 is 41.9. The Bertz CT molecular complexity index is 654. The highest BCUT2D eigenvalue weighted by atomic mass is 32.1. The predicted molar refractivity (Wildman–Crippen MR) is 75.8 cm³/mol. The van der Waals surface area contributed by atoms with Crippen LogP contribution in [0.1, 0.15) is 10.4 Å². The summed E-state index contributed by atoms with van der Waals surface area (Å²) >= 11 is 1.38. The first-order valence-corrected chi connectivity index (χ1v) is 6.75. The molecular formula is C15H11F3O2S. The van der Waals surface area contributed by atoms with Crippen molar-refractivity contribution in [2.75, 3.05) is 7.11 Å². The highest BCUT2D eigenvalue weighted by molar-refractivity contribution is 7.16. The second kappa shape index (κ2) is 6.13. The van der Waals surface area contributed by atoms with Gasteiger partial charge >= 0.3 is 12.1 Å². The SMILES string of the molecule is COC(=O)/C=C/c1ccc(-c2ccc(C(F)(F)F)cc2)s1. The Morgan fingerprint density at radius 3 is 2.38 bits per heavy atom. The summed E-state index contributed by atoms with van der Waals surface area (Å²) in [5.74, 6) is -0.459. The molecular weight excluding hydrogens is 301 g/mol. The minimum Gasteiger partial charge on any atom is -0.466 e. The Hall–Kier alpha value is -2.08. The zero-order chi connectivity index (χ0) is 15.5. The molecule has 6 heteroatoms. The molecule has 1 aromatic carbocycles. The number of carbonyl (C=O) groups excluding carboxylic acids is 1. The summed E-state index contributed by atoms with van der Waals surface area (Å²) in [4.78, 5) is 12.6. The highest BCUT2D eigenvalue weighted by Gasteiger charge is 2.29. The average Bonchev–Trinajstić information content (AvgIpc) is 2.93. The Labute approximate surface area is 123 Å². The van der Waals surface area contributed by atoms with Crippen LogP contribution in [0.25, 0.3) is 16.5 Å². The third-order valence-electron chi connectivity index (χ3n) is 2.71. The number of methoxy groups -OCH3 is 1. The molecule has 2 aromatic rings. The van der Waals surface area contributed by atoms with E-state index in [1.54, 1.807) is 18.2 Å². The quantitative estimate of drug-likeness (QED) is 0.610. The van der Waals surface area contributed by atoms with E-state index in [-0.39, 0.29) is 0 Å². The summed E-state index contributed by atoms with van der Waals surface area (Å²) in [6.07, 6.45) is -1.44. The number of halogens is 3. The molecule has 21 heavy (non-hydrogen) atoms. The van der Waals surface area contributed by atoms with Crippen LogP contribution in [-0.2, 0) is 15.7 Å². The first-order valence-electron chi connectivity index (χ1n) is 5.93. The minimum atomic E-state index is -4.33. The van der Waals surface area contributed by atoms with Gasteiger partial charge in [-0.2, -0.15) is 13.2 Å². The number of ether oxygens (including phenoxy) is 1. The van der Waals surface area contributed by atoms with Gasteiger partial charge in [0, 0.05) is 15.8 Å². The molecule has 0 aliphatic heterocycles. The molecule has 0 spiro atoms. The minimum absolute atomic E-state index is 0.459. The fourth-order valence-corrected chi connectivity index (χ4v) is 2.56. The van der Waals surface area contributed by atoms with Crippen LogP contribution in [0, 0.1) is 0 Å². The molecule has 0 atom stereocenters. The van der Waals surface area contributed by atoms with Crippen LogP contribution in [0.5, 0.6) is 0 Å². The van der Waals surface area contributed by atoms with E-state index < -0.39 is 17.7 Å². The van der Waals surface area contributed by atoms with Crippen molar-refractivity contribution in [3.8, 4) is 10.4 Å². The molecule has 110 valence electrons. The number of rotatable bonds is 3. The molecule has 0 aliphatic rings. The Morgan fingerprint density at radius 1 is 1.14 bits per heavy atom. The van der Waals surface area contributed by atoms with Crippen molar-refractivity contribution < 1.29 is 22.7 Å². The molecule has 0 unspecified atom stereocenters. The van der Waals surface area contributed by atoms with Gasteiger partial charge in [0.15, 0.2) is 0 Å². The fraction of sp³-hybridized carbons (Fsp3) is 0.133. The van der Waals surface area contributed by atoms with Crippen LogP contribution >= 0.6 is 11.3 Å². The van der Waals surface area contributed by atoms with Crippen molar-refractivity contribution in [1.82, 2.24) is 0 Å². The van der Waals surface area contributed by atoms with Crippen LogP contribution in [0.4, 0.5) is 13.2 Å². The largest absolute Gasteiger partial charge is 0.466 e. The monoisotopic (exact) mass is 312 g/mol. The number of thiophene rings is 1. The van der Waals surface area contributed by atoms with Gasteiger partial charge in [-0.3, -0.25) is 0 Å². The molecule has 0 saturated carbocycles. The molecule has 1 heterocycles. The molecule has 0 saturated heterocycles. The van der Waals surface area contributed by atoms with E-state index in [0.29, 0.717) is 5.56 Å². The van der Waals surface area contributed by atoms with Gasteiger partial charge in [-0.15, -0.1) is 11.3 Å². The standard InChI is InChI=1S/C15H11F3O2S/c1-20-14(19)9-7-12-6-8-13(21-12)10-2-4-11(5-3-10)15(16,17)18/h2-9H,1H3/b9-7+. The summed E-state index contributed by atoms with van der Waals surface area (Å²) in [7, 11) is 1.29. The van der Waals surface area contributed by atoms with Crippen molar-refractivity contribution in [1.29, 1.82) is 0 Å². The molecule has 0 amide bonds. The van der Waals surface area contributed by atoms with Crippen LogP contribution in [0.3, 0.4) is 0 Å². The summed E-state index contributed by atoms with van der Waals surface area (Å²) in [6, 6.07) is 8.56. The molecule has 0 radical (unpaired) electrons. The van der Waals surface area contributed by atoms with Crippen LogP contribution < -0.4 is 0 Å². The summed E-state index contributed by atoms with van der Waals surface area (Å²) in [5.41, 5.74) is 0.0272. The topological polar surface area (TPSA) is 26.3 Å². The normalized spacial score (nSPS) is 11.8. The third-order valence-corrected chi connectivity index (χ3v) is 3.81. The predicted octanol–water partition coefficient (Wildman–Crippen LogP) is 4.62. The Morgan fingerprint density at radius 2 is 1.81 bits per heavy atom. The average molecular weight is 312 g/mol. The van der Waals surface area contributed by atoms with E-state index in [2.05, 4.69) is 4.74 Å². The van der Waals surface area contributed by atoms with Crippen LogP contribution in [0.2, 0.25) is 0 Å². The molecule has 0 fully saturated rings. The van der Waals surface area contributed by atoms with E-state index in [1.165, 1.54) is 36.7 Å². The van der Waals surface area contributed by atoms with Crippen LogP contribution in [0.15, 0.2) is 42.5 Å². The lowest BCUT2D eigenvalue weighted by Gasteiger charge is -2.06. The third kappa shape index (κ3) is 3.95. The molecule has 0 bridgehead atoms. The van der Waals surface area contributed by atoms with Gasteiger partial charge in [-0.05, 0) is 35.9 Å². The van der Waals surface area contributed by atoms with Gasteiger partial charge in [0.1, 0.15) is 0 Å². The van der Waals surface area contributed by atoms with Gasteiger partial charge in [0.25, 0.3) is 0 Å². The smallest absolute Gasteiger partial charge is 0.416 e.